The molecule has 0 aliphatic heterocycles. The van der Waals surface area contributed by atoms with E-state index in [4.69, 9.17) is 4.42 Å². The second-order valence-corrected chi connectivity index (χ2v) is 4.21. The lowest BCUT2D eigenvalue weighted by Gasteiger charge is -2.06. The quantitative estimate of drug-likeness (QED) is 0.854. The van der Waals surface area contributed by atoms with Crippen molar-refractivity contribution in [2.45, 2.75) is 13.5 Å². The van der Waals surface area contributed by atoms with Crippen LogP contribution < -0.4 is 10.6 Å². The highest BCUT2D eigenvalue weighted by atomic mass is 16.3. The molecule has 20 heavy (non-hydrogen) atoms. The van der Waals surface area contributed by atoms with Crippen molar-refractivity contribution in [3.05, 3.63) is 42.3 Å². The Hall–Kier alpha value is -2.63. The lowest BCUT2D eigenvalue weighted by molar-refractivity contribution is -0.125. The highest BCUT2D eigenvalue weighted by molar-refractivity contribution is 5.83. The molecule has 6 heteroatoms. The second-order valence-electron chi connectivity index (χ2n) is 4.21. The van der Waals surface area contributed by atoms with Gasteiger partial charge < -0.3 is 15.1 Å². The zero-order valence-corrected chi connectivity index (χ0v) is 11.1. The van der Waals surface area contributed by atoms with Gasteiger partial charge in [-0.1, -0.05) is 0 Å². The van der Waals surface area contributed by atoms with Crippen LogP contribution in [-0.2, 0) is 16.1 Å². The van der Waals surface area contributed by atoms with Crippen molar-refractivity contribution in [2.24, 2.45) is 0 Å². The summed E-state index contributed by atoms with van der Waals surface area (Å²) in [5.41, 5.74) is 1.62. The summed E-state index contributed by atoms with van der Waals surface area (Å²) in [4.78, 5) is 26.4. The highest BCUT2D eigenvalue weighted by Crippen LogP contribution is 2.17. The van der Waals surface area contributed by atoms with E-state index in [2.05, 4.69) is 15.6 Å². The molecule has 104 valence electrons. The van der Waals surface area contributed by atoms with Crippen molar-refractivity contribution in [3.63, 3.8) is 0 Å². The van der Waals surface area contributed by atoms with Gasteiger partial charge in [0.2, 0.25) is 11.8 Å². The largest absolute Gasteiger partial charge is 0.463 e. The molecule has 6 nitrogen and oxygen atoms in total. The molecular weight excluding hydrogens is 258 g/mol. The zero-order valence-electron chi connectivity index (χ0n) is 11.1. The summed E-state index contributed by atoms with van der Waals surface area (Å²) in [7, 11) is 0. The Morgan fingerprint density at radius 1 is 1.30 bits per heavy atom. The molecule has 2 N–H and O–H groups in total. The second kappa shape index (κ2) is 6.51. The van der Waals surface area contributed by atoms with Crippen LogP contribution in [0.5, 0.6) is 0 Å². The van der Waals surface area contributed by atoms with Gasteiger partial charge in [0, 0.05) is 19.7 Å². The number of rotatable bonds is 5. The molecule has 0 spiro atoms. The van der Waals surface area contributed by atoms with Gasteiger partial charge in [-0.2, -0.15) is 0 Å². The third kappa shape index (κ3) is 3.94. The molecule has 0 saturated heterocycles. The lowest BCUT2D eigenvalue weighted by atomic mass is 10.2. The van der Waals surface area contributed by atoms with E-state index in [-0.39, 0.29) is 18.4 Å². The molecule has 2 heterocycles. The van der Waals surface area contributed by atoms with Crippen LogP contribution in [-0.4, -0.2) is 23.3 Å². The van der Waals surface area contributed by atoms with E-state index in [1.165, 1.54) is 6.92 Å². The molecule has 0 saturated carbocycles. The average molecular weight is 273 g/mol. The number of hydrogen-bond donors (Lipinski definition) is 2. The molecule has 0 unspecified atom stereocenters. The van der Waals surface area contributed by atoms with Crippen molar-refractivity contribution < 1.29 is 14.0 Å². The van der Waals surface area contributed by atoms with Crippen LogP contribution >= 0.6 is 0 Å². The van der Waals surface area contributed by atoms with E-state index < -0.39 is 0 Å². The molecule has 0 radical (unpaired) electrons. The first-order chi connectivity index (χ1) is 9.65. The van der Waals surface area contributed by atoms with Crippen LogP contribution in [0.2, 0.25) is 0 Å². The summed E-state index contributed by atoms with van der Waals surface area (Å²) in [6.07, 6.45) is 3.24. The molecule has 0 bridgehead atoms. The van der Waals surface area contributed by atoms with Crippen molar-refractivity contribution in [3.8, 4) is 11.5 Å². The molecule has 2 aromatic rings. The number of nitrogens with zero attached hydrogens (tertiary/aromatic N) is 1. The smallest absolute Gasteiger partial charge is 0.239 e. The SMILES string of the molecule is CC(=O)NCC(=O)NCc1ccnc(-c2ccco2)c1. The average Bonchev–Trinajstić information content (AvgIpc) is 2.97. The van der Waals surface area contributed by atoms with Gasteiger partial charge in [-0.05, 0) is 29.8 Å². The normalized spacial score (nSPS) is 10.1. The fourth-order valence-corrected chi connectivity index (χ4v) is 1.61. The topological polar surface area (TPSA) is 84.2 Å². The standard InChI is InChI=1S/C14H15N3O3/c1-10(18)16-9-14(19)17-8-11-4-5-15-12(7-11)13-3-2-6-20-13/h2-7H,8-9H2,1H3,(H,16,18)(H,17,19). The zero-order chi connectivity index (χ0) is 14.4. The van der Waals surface area contributed by atoms with Crippen molar-refractivity contribution in [2.75, 3.05) is 6.54 Å². The van der Waals surface area contributed by atoms with E-state index >= 15 is 0 Å². The number of nitrogens with one attached hydrogen (secondary N) is 2. The summed E-state index contributed by atoms with van der Waals surface area (Å²) in [5, 5.41) is 5.15. The number of carbonyl (C=O) groups is 2. The maximum absolute atomic E-state index is 11.5. The number of carbonyl (C=O) groups excluding carboxylic acids is 2. The molecule has 0 fully saturated rings. The molecular formula is C14H15N3O3. The molecule has 0 aliphatic carbocycles. The molecule has 2 aromatic heterocycles. The number of hydrogen-bond acceptors (Lipinski definition) is 4. The van der Waals surface area contributed by atoms with E-state index in [1.54, 1.807) is 18.5 Å². The van der Waals surface area contributed by atoms with Gasteiger partial charge >= 0.3 is 0 Å². The van der Waals surface area contributed by atoms with Crippen molar-refractivity contribution in [1.82, 2.24) is 15.6 Å². The lowest BCUT2D eigenvalue weighted by Crippen LogP contribution is -2.35. The minimum atomic E-state index is -0.239. The van der Waals surface area contributed by atoms with Crippen LogP contribution in [0.4, 0.5) is 0 Å². The summed E-state index contributed by atoms with van der Waals surface area (Å²) < 4.78 is 5.27. The molecule has 0 aliphatic rings. The Kier molecular flexibility index (Phi) is 4.49. The van der Waals surface area contributed by atoms with E-state index in [1.807, 2.05) is 18.2 Å². The first kappa shape index (κ1) is 13.8. The van der Waals surface area contributed by atoms with E-state index in [9.17, 15) is 9.59 Å². The van der Waals surface area contributed by atoms with Gasteiger partial charge in [0.05, 0.1) is 12.8 Å². The minimum Gasteiger partial charge on any atom is -0.463 e. The van der Waals surface area contributed by atoms with E-state index in [0.29, 0.717) is 18.0 Å². The van der Waals surface area contributed by atoms with Gasteiger partial charge in [-0.25, -0.2) is 0 Å². The van der Waals surface area contributed by atoms with Crippen molar-refractivity contribution in [1.29, 1.82) is 0 Å². The fourth-order valence-electron chi connectivity index (χ4n) is 1.61. The number of amides is 2. The molecule has 2 rings (SSSR count). The Labute approximate surface area is 116 Å². The Morgan fingerprint density at radius 2 is 2.15 bits per heavy atom. The Balaban J connectivity index is 1.92. The first-order valence-electron chi connectivity index (χ1n) is 6.15. The van der Waals surface area contributed by atoms with Crippen LogP contribution in [0.1, 0.15) is 12.5 Å². The fraction of sp³-hybridized carbons (Fsp3) is 0.214. The third-order valence-corrected chi connectivity index (χ3v) is 2.59. The maximum atomic E-state index is 11.5. The third-order valence-electron chi connectivity index (χ3n) is 2.59. The van der Waals surface area contributed by atoms with E-state index in [0.717, 1.165) is 5.56 Å². The summed E-state index contributed by atoms with van der Waals surface area (Å²) >= 11 is 0. The highest BCUT2D eigenvalue weighted by Gasteiger charge is 2.05. The van der Waals surface area contributed by atoms with Gasteiger partial charge in [0.1, 0.15) is 5.69 Å². The van der Waals surface area contributed by atoms with Crippen LogP contribution in [0.15, 0.2) is 41.1 Å². The van der Waals surface area contributed by atoms with Crippen LogP contribution in [0.25, 0.3) is 11.5 Å². The van der Waals surface area contributed by atoms with Crippen LogP contribution in [0, 0.1) is 0 Å². The molecule has 2 amide bonds. The summed E-state index contributed by atoms with van der Waals surface area (Å²) in [6.45, 7) is 1.71. The Bertz CT molecular complexity index is 593. The van der Waals surface area contributed by atoms with Gasteiger partial charge in [-0.15, -0.1) is 0 Å². The Morgan fingerprint density at radius 3 is 2.85 bits per heavy atom. The number of aromatic nitrogens is 1. The van der Waals surface area contributed by atoms with Gasteiger partial charge in [-0.3, -0.25) is 14.6 Å². The van der Waals surface area contributed by atoms with Gasteiger partial charge in [0.25, 0.3) is 0 Å². The molecule has 0 atom stereocenters. The molecule has 0 aromatic carbocycles. The summed E-state index contributed by atoms with van der Waals surface area (Å²) in [6, 6.07) is 7.27. The van der Waals surface area contributed by atoms with Crippen LogP contribution in [0.3, 0.4) is 0 Å². The monoisotopic (exact) mass is 273 g/mol. The number of furan rings is 1. The predicted molar refractivity (Wildman–Crippen MR) is 72.5 cm³/mol. The van der Waals surface area contributed by atoms with Gasteiger partial charge in [0.15, 0.2) is 5.76 Å². The van der Waals surface area contributed by atoms with Crippen molar-refractivity contribution >= 4 is 11.8 Å². The minimum absolute atomic E-state index is 0.0224. The predicted octanol–water partition coefficient (Wildman–Crippen LogP) is 1.09. The first-order valence-corrected chi connectivity index (χ1v) is 6.15. The summed E-state index contributed by atoms with van der Waals surface area (Å²) in [5.74, 6) is 0.206. The maximum Gasteiger partial charge on any atom is 0.239 e. The number of pyridine rings is 1.